The summed E-state index contributed by atoms with van der Waals surface area (Å²) in [5.74, 6) is -0.553. The molecule has 0 aliphatic heterocycles. The summed E-state index contributed by atoms with van der Waals surface area (Å²) in [7, 11) is -4.66. The van der Waals surface area contributed by atoms with Gasteiger partial charge in [0.05, 0.1) is 32.8 Å². The quantitative estimate of drug-likeness (QED) is 0.0572. The van der Waals surface area contributed by atoms with Crippen LogP contribution in [0.2, 0.25) is 0 Å². The number of aromatic hydroxyl groups is 1. The third-order valence-corrected chi connectivity index (χ3v) is 8.57. The van der Waals surface area contributed by atoms with Gasteiger partial charge in [0.1, 0.15) is 15.6 Å². The second-order valence-electron chi connectivity index (χ2n) is 8.78. The molecule has 200 valence electrons. The number of rotatable bonds is 7. The zero-order chi connectivity index (χ0) is 27.9. The Balaban J connectivity index is 1.57. The number of hydrogen-bond acceptors (Lipinski definition) is 11. The first-order chi connectivity index (χ1) is 18.6. The van der Waals surface area contributed by atoms with E-state index < -0.39 is 20.8 Å². The van der Waals surface area contributed by atoms with Crippen LogP contribution in [0.15, 0.2) is 74.6 Å². The van der Waals surface area contributed by atoms with Crippen LogP contribution < -0.4 is 0 Å². The maximum absolute atomic E-state index is 11.9. The van der Waals surface area contributed by atoms with Crippen LogP contribution in [0.1, 0.15) is 16.7 Å². The molecule has 39 heavy (non-hydrogen) atoms. The Morgan fingerprint density at radius 1 is 1.00 bits per heavy atom. The van der Waals surface area contributed by atoms with Crippen molar-refractivity contribution in [3.63, 3.8) is 0 Å². The summed E-state index contributed by atoms with van der Waals surface area (Å²) in [4.78, 5) is 4.48. The fourth-order valence-corrected chi connectivity index (χ4v) is 6.65. The number of aromatic nitrogens is 1. The number of fused-ring (bicyclic) bond motifs is 2. The van der Waals surface area contributed by atoms with E-state index in [1.807, 2.05) is 26.0 Å². The van der Waals surface area contributed by atoms with Crippen molar-refractivity contribution in [1.29, 1.82) is 0 Å². The van der Waals surface area contributed by atoms with Gasteiger partial charge in [-0.2, -0.15) is 13.5 Å². The van der Waals surface area contributed by atoms with Crippen LogP contribution in [-0.2, 0) is 19.5 Å². The van der Waals surface area contributed by atoms with Gasteiger partial charge in [0.2, 0.25) is 0 Å². The molecule has 5 rings (SSSR count). The molecule has 0 unspecified atom stereocenters. The van der Waals surface area contributed by atoms with Gasteiger partial charge in [0.15, 0.2) is 5.75 Å². The predicted molar refractivity (Wildman–Crippen MR) is 150 cm³/mol. The summed E-state index contributed by atoms with van der Waals surface area (Å²) in [6, 6.07) is 15.3. The zero-order valence-electron chi connectivity index (χ0n) is 20.7. The van der Waals surface area contributed by atoms with E-state index in [-0.39, 0.29) is 21.4 Å². The second-order valence-corrected chi connectivity index (χ2v) is 11.9. The molecule has 0 saturated carbocycles. The molecule has 13 heteroatoms. The molecule has 1 aromatic heterocycles. The molecule has 0 aliphatic carbocycles. The zero-order valence-corrected chi connectivity index (χ0v) is 23.2. The van der Waals surface area contributed by atoms with Gasteiger partial charge in [-0.15, -0.1) is 20.8 Å². The van der Waals surface area contributed by atoms with E-state index in [9.17, 15) is 18.1 Å². The Kier molecular flexibility index (Phi) is 7.39. The van der Waals surface area contributed by atoms with Crippen LogP contribution in [0.25, 0.3) is 31.6 Å². The first-order valence-electron chi connectivity index (χ1n) is 11.4. The standard InChI is InChI=1S/C26H21N3O7S3/c1-13-9-15(3)23-19(10-13)37-26(27-23)17-7-8-18(14(2)11-17)28-29-24-20(38-36-35-31)12-16-5-4-6-21(39(32,33)34)22(16)25(24)30/h4-12,30-31H,1-3H3,(H,32,33,34). The normalized spacial score (nSPS) is 12.2. The van der Waals surface area contributed by atoms with Gasteiger partial charge in [-0.1, -0.05) is 23.2 Å². The number of phenols is 1. The molecule has 5 aromatic rings. The van der Waals surface area contributed by atoms with Crippen LogP contribution in [-0.4, -0.2) is 28.3 Å². The van der Waals surface area contributed by atoms with Crippen LogP contribution >= 0.6 is 23.4 Å². The van der Waals surface area contributed by atoms with Gasteiger partial charge in [0, 0.05) is 10.9 Å². The highest BCUT2D eigenvalue weighted by molar-refractivity contribution is 7.94. The van der Waals surface area contributed by atoms with Crippen molar-refractivity contribution in [2.45, 2.75) is 30.6 Å². The van der Waals surface area contributed by atoms with Gasteiger partial charge in [-0.3, -0.25) is 4.55 Å². The van der Waals surface area contributed by atoms with Gasteiger partial charge < -0.3 is 5.11 Å². The average Bonchev–Trinajstić information content (AvgIpc) is 3.31. The molecule has 0 aliphatic rings. The Morgan fingerprint density at radius 2 is 1.79 bits per heavy atom. The third-order valence-electron chi connectivity index (χ3n) is 6.00. The molecular formula is C26H21N3O7S3. The first kappa shape index (κ1) is 27.1. The number of azo groups is 1. The van der Waals surface area contributed by atoms with E-state index >= 15 is 0 Å². The monoisotopic (exact) mass is 583 g/mol. The number of benzene rings is 4. The van der Waals surface area contributed by atoms with Crippen molar-refractivity contribution in [2.75, 3.05) is 0 Å². The van der Waals surface area contributed by atoms with E-state index in [1.54, 1.807) is 17.4 Å². The van der Waals surface area contributed by atoms with Crippen LogP contribution in [0.5, 0.6) is 5.75 Å². The lowest BCUT2D eigenvalue weighted by atomic mass is 10.1. The predicted octanol–water partition coefficient (Wildman–Crippen LogP) is 7.84. The van der Waals surface area contributed by atoms with Crippen molar-refractivity contribution in [3.05, 3.63) is 71.3 Å². The maximum atomic E-state index is 11.9. The molecule has 4 aromatic carbocycles. The van der Waals surface area contributed by atoms with E-state index in [2.05, 4.69) is 38.7 Å². The van der Waals surface area contributed by atoms with E-state index in [0.717, 1.165) is 38.0 Å². The number of aryl methyl sites for hydroxylation is 3. The average molecular weight is 584 g/mol. The summed E-state index contributed by atoms with van der Waals surface area (Å²) in [5, 5.41) is 32.7. The molecule has 0 fully saturated rings. The van der Waals surface area contributed by atoms with Crippen molar-refractivity contribution in [1.82, 2.24) is 4.98 Å². The lowest BCUT2D eigenvalue weighted by Crippen LogP contribution is -1.99. The molecular weight excluding hydrogens is 563 g/mol. The minimum atomic E-state index is -4.66. The minimum absolute atomic E-state index is 0.142. The SMILES string of the molecule is Cc1cc(C)c2nc(-c3ccc(N=Nc4c(SOOO)cc5cccc(S(=O)(=O)O)c5c4O)c(C)c3)sc2c1. The van der Waals surface area contributed by atoms with E-state index in [0.29, 0.717) is 17.7 Å². The molecule has 10 nitrogen and oxygen atoms in total. The molecule has 1 heterocycles. The fraction of sp³-hybridized carbons (Fsp3) is 0.115. The molecule has 0 spiro atoms. The fourth-order valence-electron chi connectivity index (χ4n) is 4.29. The lowest BCUT2D eigenvalue weighted by molar-refractivity contribution is -0.432. The van der Waals surface area contributed by atoms with Gasteiger partial charge in [-0.05, 0) is 79.2 Å². The van der Waals surface area contributed by atoms with Gasteiger partial charge in [-0.25, -0.2) is 10.2 Å². The van der Waals surface area contributed by atoms with Crippen LogP contribution in [0.4, 0.5) is 11.4 Å². The lowest BCUT2D eigenvalue weighted by Gasteiger charge is -2.11. The van der Waals surface area contributed by atoms with Crippen molar-refractivity contribution >= 4 is 65.9 Å². The summed E-state index contributed by atoms with van der Waals surface area (Å²) >= 11 is 2.13. The highest BCUT2D eigenvalue weighted by atomic mass is 32.2. The van der Waals surface area contributed by atoms with E-state index in [4.69, 9.17) is 10.2 Å². The Morgan fingerprint density at radius 3 is 2.51 bits per heavy atom. The first-order valence-corrected chi connectivity index (χ1v) is 14.4. The maximum Gasteiger partial charge on any atom is 0.295 e. The smallest absolute Gasteiger partial charge is 0.295 e. The number of phenolic OH excluding ortho intramolecular Hbond substituents is 1. The largest absolute Gasteiger partial charge is 0.505 e. The Hall–Kier alpha value is -3.43. The number of nitrogens with zero attached hydrogens (tertiary/aromatic N) is 3. The second kappa shape index (κ2) is 10.6. The Labute approximate surface area is 231 Å². The summed E-state index contributed by atoms with van der Waals surface area (Å²) in [6.07, 6.45) is 0. The summed E-state index contributed by atoms with van der Waals surface area (Å²) in [6.45, 7) is 5.95. The van der Waals surface area contributed by atoms with Crippen LogP contribution in [0, 0.1) is 20.8 Å². The van der Waals surface area contributed by atoms with Crippen LogP contribution in [0.3, 0.4) is 0 Å². The van der Waals surface area contributed by atoms with Crippen molar-refractivity contribution in [2.24, 2.45) is 10.2 Å². The highest BCUT2D eigenvalue weighted by Crippen LogP contribution is 2.46. The molecule has 0 radical (unpaired) electrons. The molecule has 3 N–H and O–H groups in total. The van der Waals surface area contributed by atoms with Gasteiger partial charge >= 0.3 is 0 Å². The third kappa shape index (κ3) is 5.38. The number of hydrogen-bond donors (Lipinski definition) is 3. The van der Waals surface area contributed by atoms with Crippen molar-refractivity contribution < 1.29 is 32.7 Å². The molecule has 0 saturated heterocycles. The highest BCUT2D eigenvalue weighted by Gasteiger charge is 2.22. The van der Waals surface area contributed by atoms with E-state index in [1.165, 1.54) is 23.8 Å². The molecule has 0 amide bonds. The summed E-state index contributed by atoms with van der Waals surface area (Å²) < 4.78 is 39.2. The van der Waals surface area contributed by atoms with Gasteiger partial charge in [0.25, 0.3) is 10.1 Å². The topological polar surface area (TPSA) is 151 Å². The Bertz CT molecular complexity index is 1890. The minimum Gasteiger partial charge on any atom is -0.505 e. The number of thiazole rings is 1. The van der Waals surface area contributed by atoms with Crippen molar-refractivity contribution in [3.8, 4) is 16.3 Å². The molecule has 0 bridgehead atoms. The molecule has 0 atom stereocenters. The summed E-state index contributed by atoms with van der Waals surface area (Å²) in [5.41, 5.74) is 5.30.